The van der Waals surface area contributed by atoms with Gasteiger partial charge in [0, 0.05) is 11.0 Å². The Morgan fingerprint density at radius 3 is 3.08 bits per heavy atom. The molecular weight excluding hydrogens is 232 g/mol. The molecule has 1 atom stereocenters. The summed E-state index contributed by atoms with van der Waals surface area (Å²) in [6.45, 7) is 8.05. The Bertz CT molecular complexity index is 218. The van der Waals surface area contributed by atoms with E-state index in [2.05, 4.69) is 27.8 Å². The van der Waals surface area contributed by atoms with Crippen LogP contribution in [0.2, 0.25) is 0 Å². The van der Waals surface area contributed by atoms with Gasteiger partial charge in [-0.05, 0) is 13.0 Å². The minimum absolute atomic E-state index is 0.0249. The van der Waals surface area contributed by atoms with Crippen molar-refractivity contribution < 1.29 is 4.79 Å². The van der Waals surface area contributed by atoms with E-state index < -0.39 is 0 Å². The van der Waals surface area contributed by atoms with Crippen molar-refractivity contribution in [3.8, 4) is 0 Å². The molecule has 0 aromatic carbocycles. The van der Waals surface area contributed by atoms with E-state index in [4.69, 9.17) is 0 Å². The third-order valence-electron chi connectivity index (χ3n) is 2.11. The van der Waals surface area contributed by atoms with Crippen molar-refractivity contribution in [2.24, 2.45) is 0 Å². The molecule has 1 saturated heterocycles. The first kappa shape index (κ1) is 10.7. The highest BCUT2D eigenvalue weighted by Crippen LogP contribution is 2.14. The summed E-state index contributed by atoms with van der Waals surface area (Å²) < 4.78 is 0.859. The second-order valence-electron chi connectivity index (χ2n) is 3.18. The average Bonchev–Trinajstić information content (AvgIpc) is 2.36. The molecule has 1 amide bonds. The zero-order chi connectivity index (χ0) is 9.84. The van der Waals surface area contributed by atoms with Crippen molar-refractivity contribution in [2.45, 2.75) is 19.4 Å². The van der Waals surface area contributed by atoms with Crippen molar-refractivity contribution in [1.29, 1.82) is 0 Å². The van der Waals surface area contributed by atoms with Gasteiger partial charge in [0.1, 0.15) is 0 Å². The highest BCUT2D eigenvalue weighted by molar-refractivity contribution is 9.11. The molecule has 3 nitrogen and oxygen atoms in total. The summed E-state index contributed by atoms with van der Waals surface area (Å²) in [7, 11) is 0. The number of nitrogens with zero attached hydrogens (tertiary/aromatic N) is 1. The summed E-state index contributed by atoms with van der Waals surface area (Å²) in [5, 5.41) is 3.16. The molecule has 1 heterocycles. The summed E-state index contributed by atoms with van der Waals surface area (Å²) >= 11 is 3.26. The molecule has 0 spiro atoms. The first-order chi connectivity index (χ1) is 6.15. The monoisotopic (exact) mass is 246 g/mol. The Morgan fingerprint density at radius 2 is 2.54 bits per heavy atom. The summed E-state index contributed by atoms with van der Waals surface area (Å²) in [4.78, 5) is 13.5. The number of carbonyl (C=O) groups excluding carboxylic acids is 1. The fourth-order valence-corrected chi connectivity index (χ4v) is 1.84. The largest absolute Gasteiger partial charge is 0.336 e. The molecule has 0 aromatic heterocycles. The summed E-state index contributed by atoms with van der Waals surface area (Å²) in [5.74, 6) is 0.197. The minimum atomic E-state index is 0.0249. The Kier molecular flexibility index (Phi) is 3.93. The van der Waals surface area contributed by atoms with E-state index in [0.29, 0.717) is 6.54 Å². The second-order valence-corrected chi connectivity index (χ2v) is 4.30. The molecule has 1 aliphatic rings. The molecule has 4 heteroatoms. The summed E-state index contributed by atoms with van der Waals surface area (Å²) in [6.07, 6.45) is 0.910. The van der Waals surface area contributed by atoms with Crippen LogP contribution in [-0.4, -0.2) is 36.5 Å². The fraction of sp³-hybridized carbons (Fsp3) is 0.667. The van der Waals surface area contributed by atoms with E-state index in [0.717, 1.165) is 24.0 Å². The summed E-state index contributed by atoms with van der Waals surface area (Å²) in [5.41, 5.74) is 0. The van der Waals surface area contributed by atoms with E-state index in [1.54, 1.807) is 0 Å². The lowest BCUT2D eigenvalue weighted by Gasteiger charge is -2.15. The van der Waals surface area contributed by atoms with Crippen LogP contribution in [0.4, 0.5) is 0 Å². The minimum Gasteiger partial charge on any atom is -0.336 e. The first-order valence-electron chi connectivity index (χ1n) is 4.50. The quantitative estimate of drug-likeness (QED) is 0.807. The van der Waals surface area contributed by atoms with Gasteiger partial charge in [-0.3, -0.25) is 4.79 Å². The van der Waals surface area contributed by atoms with Crippen molar-refractivity contribution >= 4 is 21.8 Å². The van der Waals surface area contributed by atoms with Crippen LogP contribution in [0.15, 0.2) is 11.1 Å². The lowest BCUT2D eigenvalue weighted by molar-refractivity contribution is -0.128. The topological polar surface area (TPSA) is 32.3 Å². The van der Waals surface area contributed by atoms with Crippen molar-refractivity contribution in [1.82, 2.24) is 10.2 Å². The van der Waals surface area contributed by atoms with Crippen LogP contribution in [0.1, 0.15) is 13.3 Å². The second kappa shape index (κ2) is 4.77. The van der Waals surface area contributed by atoms with E-state index in [1.807, 2.05) is 11.8 Å². The average molecular weight is 247 g/mol. The lowest BCUT2D eigenvalue weighted by atomic mass is 10.2. The Labute approximate surface area is 87.3 Å². The molecule has 0 saturated carbocycles. The molecule has 74 valence electrons. The highest BCUT2D eigenvalue weighted by Gasteiger charge is 2.30. The molecular formula is C9H15BrN2O. The van der Waals surface area contributed by atoms with Crippen LogP contribution in [0.3, 0.4) is 0 Å². The van der Waals surface area contributed by atoms with Gasteiger partial charge >= 0.3 is 0 Å². The third kappa shape index (κ3) is 2.81. The maximum Gasteiger partial charge on any atom is 0.240 e. The Hall–Kier alpha value is -0.350. The maximum atomic E-state index is 11.6. The summed E-state index contributed by atoms with van der Waals surface area (Å²) in [6, 6.07) is 0.0249. The van der Waals surface area contributed by atoms with Gasteiger partial charge in [-0.25, -0.2) is 0 Å². The standard InChI is InChI=1S/C9H15BrN2O/c1-3-11-8-4-5-12(9(8)13)6-7(2)10/h8,11H,2-6H2,1H3. The molecule has 13 heavy (non-hydrogen) atoms. The zero-order valence-corrected chi connectivity index (χ0v) is 9.43. The smallest absolute Gasteiger partial charge is 0.240 e. The number of nitrogens with one attached hydrogen (secondary N) is 1. The molecule has 0 radical (unpaired) electrons. The van der Waals surface area contributed by atoms with Gasteiger partial charge in [0.25, 0.3) is 0 Å². The number of likely N-dealkylation sites (tertiary alicyclic amines) is 1. The van der Waals surface area contributed by atoms with Crippen LogP contribution >= 0.6 is 15.9 Å². The van der Waals surface area contributed by atoms with Crippen LogP contribution < -0.4 is 5.32 Å². The normalized spacial score (nSPS) is 22.5. The first-order valence-corrected chi connectivity index (χ1v) is 5.30. The van der Waals surface area contributed by atoms with Gasteiger partial charge in [0.15, 0.2) is 0 Å². The predicted octanol–water partition coefficient (Wildman–Crippen LogP) is 1.11. The third-order valence-corrected chi connectivity index (χ3v) is 2.36. The van der Waals surface area contributed by atoms with E-state index >= 15 is 0 Å². The van der Waals surface area contributed by atoms with Crippen LogP contribution in [0.25, 0.3) is 0 Å². The number of halogens is 1. The molecule has 0 aliphatic carbocycles. The van der Waals surface area contributed by atoms with Gasteiger partial charge in [-0.2, -0.15) is 0 Å². The number of carbonyl (C=O) groups is 1. The molecule has 0 bridgehead atoms. The fourth-order valence-electron chi connectivity index (χ4n) is 1.54. The molecule has 1 N–H and O–H groups in total. The van der Waals surface area contributed by atoms with Gasteiger partial charge in [-0.1, -0.05) is 29.4 Å². The van der Waals surface area contributed by atoms with Gasteiger partial charge < -0.3 is 10.2 Å². The molecule has 1 aliphatic heterocycles. The van der Waals surface area contributed by atoms with Crippen molar-refractivity contribution in [3.63, 3.8) is 0 Å². The van der Waals surface area contributed by atoms with Crippen LogP contribution in [-0.2, 0) is 4.79 Å². The molecule has 1 unspecified atom stereocenters. The Balaban J connectivity index is 2.45. The van der Waals surface area contributed by atoms with Crippen molar-refractivity contribution in [3.05, 3.63) is 11.1 Å². The van der Waals surface area contributed by atoms with Crippen LogP contribution in [0.5, 0.6) is 0 Å². The number of hydrogen-bond donors (Lipinski definition) is 1. The van der Waals surface area contributed by atoms with E-state index in [1.165, 1.54) is 0 Å². The number of hydrogen-bond acceptors (Lipinski definition) is 2. The molecule has 1 rings (SSSR count). The van der Waals surface area contributed by atoms with E-state index in [-0.39, 0.29) is 11.9 Å². The Morgan fingerprint density at radius 1 is 1.85 bits per heavy atom. The SMILES string of the molecule is C=C(Br)CN1CCC(NCC)C1=O. The van der Waals surface area contributed by atoms with Gasteiger partial charge in [-0.15, -0.1) is 0 Å². The highest BCUT2D eigenvalue weighted by atomic mass is 79.9. The number of rotatable bonds is 4. The van der Waals surface area contributed by atoms with Gasteiger partial charge in [0.2, 0.25) is 5.91 Å². The number of amides is 1. The van der Waals surface area contributed by atoms with E-state index in [9.17, 15) is 4.79 Å². The zero-order valence-electron chi connectivity index (χ0n) is 7.85. The lowest BCUT2D eigenvalue weighted by Crippen LogP contribution is -2.38. The molecule has 1 fully saturated rings. The predicted molar refractivity (Wildman–Crippen MR) is 56.7 cm³/mol. The maximum absolute atomic E-state index is 11.6. The number of likely N-dealkylation sites (N-methyl/N-ethyl adjacent to an activating group) is 1. The molecule has 0 aromatic rings. The van der Waals surface area contributed by atoms with Crippen molar-refractivity contribution in [2.75, 3.05) is 19.6 Å². The van der Waals surface area contributed by atoms with Gasteiger partial charge in [0.05, 0.1) is 12.6 Å². The van der Waals surface area contributed by atoms with Crippen LogP contribution in [0, 0.1) is 0 Å².